The lowest BCUT2D eigenvalue weighted by atomic mass is 9.75. The molecule has 1 saturated carbocycles. The Morgan fingerprint density at radius 2 is 1.87 bits per heavy atom. The van der Waals surface area contributed by atoms with E-state index in [0.29, 0.717) is 11.5 Å². The molecule has 0 heterocycles. The van der Waals surface area contributed by atoms with E-state index in [4.69, 9.17) is 4.74 Å². The maximum Gasteiger partial charge on any atom is 0.412 e. The number of carbonyl (C=O) groups excluding carboxylic acids is 1. The van der Waals surface area contributed by atoms with E-state index in [0.717, 1.165) is 17.8 Å². The second kappa shape index (κ2) is 6.81. The van der Waals surface area contributed by atoms with Gasteiger partial charge in [-0.1, -0.05) is 32.4 Å². The number of nitrogens with one attached hydrogen (secondary N) is 2. The van der Waals surface area contributed by atoms with Crippen molar-refractivity contribution in [2.45, 2.75) is 71.9 Å². The number of rotatable bonds is 3. The molecule has 128 valence electrons. The van der Waals surface area contributed by atoms with Crippen LogP contribution < -0.4 is 10.6 Å². The fraction of sp³-hybridized carbons (Fsp3) is 0.632. The maximum atomic E-state index is 12.0. The predicted molar refractivity (Wildman–Crippen MR) is 96.0 cm³/mol. The van der Waals surface area contributed by atoms with Crippen molar-refractivity contribution in [3.63, 3.8) is 0 Å². The van der Waals surface area contributed by atoms with Crippen LogP contribution in [0.2, 0.25) is 0 Å². The topological polar surface area (TPSA) is 50.4 Å². The van der Waals surface area contributed by atoms with Gasteiger partial charge < -0.3 is 10.1 Å². The summed E-state index contributed by atoms with van der Waals surface area (Å²) < 4.78 is 5.34. The molecular weight excluding hydrogens is 288 g/mol. The molecule has 0 aliphatic heterocycles. The Balaban J connectivity index is 2.04. The number of anilines is 2. The highest BCUT2D eigenvalue weighted by atomic mass is 16.6. The summed E-state index contributed by atoms with van der Waals surface area (Å²) in [6, 6.07) is 8.26. The Labute approximate surface area is 140 Å². The summed E-state index contributed by atoms with van der Waals surface area (Å²) in [6.07, 6.45) is 4.42. The fourth-order valence-electron chi connectivity index (χ4n) is 3.17. The van der Waals surface area contributed by atoms with Gasteiger partial charge >= 0.3 is 6.09 Å². The average Bonchev–Trinajstić information content (AvgIpc) is 2.37. The van der Waals surface area contributed by atoms with Crippen molar-refractivity contribution in [1.29, 1.82) is 0 Å². The minimum Gasteiger partial charge on any atom is -0.444 e. The van der Waals surface area contributed by atoms with E-state index in [9.17, 15) is 4.79 Å². The standard InChI is InChI=1S/C19H30N2O2/c1-18(2,3)23-17(22)21-16-11-7-6-10-15(16)20-14-9-8-12-19(4,5)13-14/h6-7,10-11,14,20H,8-9,12-13H2,1-5H3,(H,21,22). The summed E-state index contributed by atoms with van der Waals surface area (Å²) in [6.45, 7) is 10.2. The molecule has 1 amide bonds. The molecule has 4 nitrogen and oxygen atoms in total. The highest BCUT2D eigenvalue weighted by molar-refractivity contribution is 5.89. The SMILES string of the molecule is CC1(C)CCCC(Nc2ccccc2NC(=O)OC(C)(C)C)C1. The van der Waals surface area contributed by atoms with Crippen molar-refractivity contribution in [2.75, 3.05) is 10.6 Å². The van der Waals surface area contributed by atoms with E-state index in [1.165, 1.54) is 19.3 Å². The van der Waals surface area contributed by atoms with Crippen LogP contribution in [-0.2, 0) is 4.74 Å². The number of benzene rings is 1. The molecule has 4 heteroatoms. The van der Waals surface area contributed by atoms with Crippen LogP contribution in [0.5, 0.6) is 0 Å². The van der Waals surface area contributed by atoms with Gasteiger partial charge in [-0.25, -0.2) is 4.79 Å². The van der Waals surface area contributed by atoms with Gasteiger partial charge in [-0.05, 0) is 57.6 Å². The first-order valence-electron chi connectivity index (χ1n) is 8.50. The van der Waals surface area contributed by atoms with Crippen molar-refractivity contribution in [3.05, 3.63) is 24.3 Å². The molecule has 2 rings (SSSR count). The van der Waals surface area contributed by atoms with E-state index in [1.807, 2.05) is 45.0 Å². The smallest absolute Gasteiger partial charge is 0.412 e. The van der Waals surface area contributed by atoms with Gasteiger partial charge in [-0.2, -0.15) is 0 Å². The molecule has 0 aromatic heterocycles. The Kier molecular flexibility index (Phi) is 5.23. The van der Waals surface area contributed by atoms with Gasteiger partial charge in [0.15, 0.2) is 0 Å². The van der Waals surface area contributed by atoms with Crippen LogP contribution in [0.15, 0.2) is 24.3 Å². The van der Waals surface area contributed by atoms with Crippen LogP contribution in [0.4, 0.5) is 16.2 Å². The minimum absolute atomic E-state index is 0.378. The third-order valence-corrected chi connectivity index (χ3v) is 4.13. The van der Waals surface area contributed by atoms with Crippen LogP contribution in [0.25, 0.3) is 0 Å². The van der Waals surface area contributed by atoms with Crippen molar-refractivity contribution in [1.82, 2.24) is 0 Å². The Morgan fingerprint density at radius 3 is 2.48 bits per heavy atom. The first kappa shape index (κ1) is 17.6. The normalized spacial score (nSPS) is 20.7. The molecule has 1 aromatic rings. The zero-order valence-electron chi connectivity index (χ0n) is 15.0. The van der Waals surface area contributed by atoms with E-state index in [-0.39, 0.29) is 0 Å². The van der Waals surface area contributed by atoms with E-state index in [2.05, 4.69) is 24.5 Å². The molecule has 1 aromatic carbocycles. The Bertz CT molecular complexity index is 547. The molecule has 0 bridgehead atoms. The molecule has 0 saturated heterocycles. The van der Waals surface area contributed by atoms with Gasteiger partial charge in [-0.15, -0.1) is 0 Å². The largest absolute Gasteiger partial charge is 0.444 e. The van der Waals surface area contributed by atoms with Crippen molar-refractivity contribution >= 4 is 17.5 Å². The summed E-state index contributed by atoms with van der Waals surface area (Å²) >= 11 is 0. The Morgan fingerprint density at radius 1 is 1.22 bits per heavy atom. The Hall–Kier alpha value is -1.71. The van der Waals surface area contributed by atoms with Gasteiger partial charge in [-0.3, -0.25) is 5.32 Å². The number of hydrogen-bond acceptors (Lipinski definition) is 3. The average molecular weight is 318 g/mol. The zero-order chi connectivity index (χ0) is 17.1. The zero-order valence-corrected chi connectivity index (χ0v) is 15.0. The molecule has 2 N–H and O–H groups in total. The predicted octanol–water partition coefficient (Wildman–Crippen LogP) is 5.41. The number of ether oxygens (including phenoxy) is 1. The third-order valence-electron chi connectivity index (χ3n) is 4.13. The molecule has 1 unspecified atom stereocenters. The van der Waals surface area contributed by atoms with E-state index >= 15 is 0 Å². The fourth-order valence-corrected chi connectivity index (χ4v) is 3.17. The maximum absolute atomic E-state index is 12.0. The second-order valence-corrected chi connectivity index (χ2v) is 8.27. The van der Waals surface area contributed by atoms with Gasteiger partial charge in [0, 0.05) is 6.04 Å². The third kappa shape index (κ3) is 5.77. The van der Waals surface area contributed by atoms with Crippen LogP contribution in [0, 0.1) is 5.41 Å². The van der Waals surface area contributed by atoms with Crippen molar-refractivity contribution in [2.24, 2.45) is 5.41 Å². The number of hydrogen-bond donors (Lipinski definition) is 2. The summed E-state index contributed by atoms with van der Waals surface area (Å²) in [5.74, 6) is 0. The molecule has 0 radical (unpaired) electrons. The first-order valence-corrected chi connectivity index (χ1v) is 8.50. The van der Waals surface area contributed by atoms with E-state index < -0.39 is 11.7 Å². The highest BCUT2D eigenvalue weighted by Crippen LogP contribution is 2.37. The summed E-state index contributed by atoms with van der Waals surface area (Å²) in [7, 11) is 0. The number of amides is 1. The molecule has 1 aliphatic carbocycles. The van der Waals surface area contributed by atoms with Crippen molar-refractivity contribution in [3.8, 4) is 0 Å². The first-order chi connectivity index (χ1) is 10.6. The summed E-state index contributed by atoms with van der Waals surface area (Å²) in [4.78, 5) is 12.0. The molecule has 0 spiro atoms. The van der Waals surface area contributed by atoms with Crippen LogP contribution in [-0.4, -0.2) is 17.7 Å². The number of carbonyl (C=O) groups is 1. The van der Waals surface area contributed by atoms with Gasteiger partial charge in [0.1, 0.15) is 5.60 Å². The van der Waals surface area contributed by atoms with E-state index in [1.54, 1.807) is 0 Å². The molecule has 23 heavy (non-hydrogen) atoms. The molecule has 1 atom stereocenters. The van der Waals surface area contributed by atoms with Crippen LogP contribution in [0.3, 0.4) is 0 Å². The van der Waals surface area contributed by atoms with Gasteiger partial charge in [0.2, 0.25) is 0 Å². The highest BCUT2D eigenvalue weighted by Gasteiger charge is 2.28. The lowest BCUT2D eigenvalue weighted by Crippen LogP contribution is -2.32. The molecular formula is C19H30N2O2. The van der Waals surface area contributed by atoms with Crippen LogP contribution >= 0.6 is 0 Å². The monoisotopic (exact) mass is 318 g/mol. The van der Waals surface area contributed by atoms with Crippen LogP contribution in [0.1, 0.15) is 60.3 Å². The lowest BCUT2D eigenvalue weighted by molar-refractivity contribution is 0.0636. The number of para-hydroxylation sites is 2. The summed E-state index contributed by atoms with van der Waals surface area (Å²) in [5.41, 5.74) is 1.61. The lowest BCUT2D eigenvalue weighted by Gasteiger charge is -2.36. The summed E-state index contributed by atoms with van der Waals surface area (Å²) in [5, 5.41) is 6.46. The quantitative estimate of drug-likeness (QED) is 0.783. The second-order valence-electron chi connectivity index (χ2n) is 8.27. The van der Waals surface area contributed by atoms with Gasteiger partial charge in [0.25, 0.3) is 0 Å². The van der Waals surface area contributed by atoms with Gasteiger partial charge in [0.05, 0.1) is 11.4 Å². The minimum atomic E-state index is -0.500. The molecule has 1 fully saturated rings. The molecule has 1 aliphatic rings. The van der Waals surface area contributed by atoms with Crippen molar-refractivity contribution < 1.29 is 9.53 Å².